The number of hydrogen-bond donors (Lipinski definition) is 0. The molecule has 1 aliphatic carbocycles. The molecule has 0 aliphatic heterocycles. The molecule has 0 saturated heterocycles. The molecule has 4 nitrogen and oxygen atoms in total. The summed E-state index contributed by atoms with van der Waals surface area (Å²) in [6.07, 6.45) is 0. The largest absolute Gasteiger partial charge is 0.324 e. The van der Waals surface area contributed by atoms with Crippen molar-refractivity contribution in [3.63, 3.8) is 0 Å². The minimum absolute atomic E-state index is 0.223. The van der Waals surface area contributed by atoms with Crippen LogP contribution in [0, 0.1) is 0 Å². The number of imidazole rings is 1. The molecule has 0 unspecified atom stereocenters. The first kappa shape index (κ1) is 29.4. The van der Waals surface area contributed by atoms with E-state index in [0.717, 1.165) is 34.7 Å². The minimum atomic E-state index is -0.223. The molecule has 0 bridgehead atoms. The fourth-order valence-corrected chi connectivity index (χ4v) is 9.47. The Morgan fingerprint density at radius 2 is 1.17 bits per heavy atom. The Kier molecular flexibility index (Phi) is 5.96. The molecule has 10 aromatic rings. The zero-order valence-electron chi connectivity index (χ0n) is 29.4. The average molecular weight is 669 g/mol. The topological polar surface area (TPSA) is 27.7 Å². The van der Waals surface area contributed by atoms with E-state index in [2.05, 4.69) is 186 Å². The van der Waals surface area contributed by atoms with Gasteiger partial charge in [-0.15, -0.1) is 0 Å². The normalized spacial score (nSPS) is 13.5. The lowest BCUT2D eigenvalue weighted by molar-refractivity contribution is 0.667. The SMILES string of the molecule is CCn1c(-c2cccc(-n3c4ccccc4c4c3c3c(c5c6ccccc6n(-c6ccccc6)c54)C(C)(C)c4ccccc4-3)c2)nc2ccccc21. The number of hydrogen-bond acceptors (Lipinski definition) is 1. The van der Waals surface area contributed by atoms with Crippen LogP contribution in [0.5, 0.6) is 0 Å². The molecule has 4 heteroatoms. The first-order chi connectivity index (χ1) is 25.6. The molecule has 0 N–H and O–H groups in total. The second kappa shape index (κ2) is 10.6. The monoisotopic (exact) mass is 668 g/mol. The van der Waals surface area contributed by atoms with Crippen molar-refractivity contribution in [1.29, 1.82) is 0 Å². The van der Waals surface area contributed by atoms with Crippen molar-refractivity contribution in [1.82, 2.24) is 18.7 Å². The summed E-state index contributed by atoms with van der Waals surface area (Å²) in [6.45, 7) is 7.88. The van der Waals surface area contributed by atoms with Crippen molar-refractivity contribution in [3.05, 3.63) is 163 Å². The van der Waals surface area contributed by atoms with Crippen LogP contribution >= 0.6 is 0 Å². The van der Waals surface area contributed by atoms with Gasteiger partial charge in [0.05, 0.1) is 33.1 Å². The van der Waals surface area contributed by atoms with Gasteiger partial charge in [0.2, 0.25) is 0 Å². The third-order valence-corrected chi connectivity index (χ3v) is 11.6. The molecule has 0 spiro atoms. The number of para-hydroxylation sites is 5. The van der Waals surface area contributed by atoms with Gasteiger partial charge in [-0.25, -0.2) is 4.98 Å². The second-order valence-corrected chi connectivity index (χ2v) is 14.6. The summed E-state index contributed by atoms with van der Waals surface area (Å²) in [7, 11) is 0. The Hall–Kier alpha value is -6.39. The van der Waals surface area contributed by atoms with Crippen LogP contribution in [0.4, 0.5) is 0 Å². The van der Waals surface area contributed by atoms with Crippen LogP contribution in [0.2, 0.25) is 0 Å². The van der Waals surface area contributed by atoms with Crippen LogP contribution in [0.1, 0.15) is 31.9 Å². The third-order valence-electron chi connectivity index (χ3n) is 11.6. The maximum Gasteiger partial charge on any atom is 0.141 e. The van der Waals surface area contributed by atoms with E-state index in [1.807, 2.05) is 0 Å². The number of fused-ring (bicyclic) bond motifs is 13. The average Bonchev–Trinajstić information content (AvgIpc) is 3.90. The molecule has 7 aromatic carbocycles. The summed E-state index contributed by atoms with van der Waals surface area (Å²) in [4.78, 5) is 5.17. The van der Waals surface area contributed by atoms with Crippen LogP contribution < -0.4 is 0 Å². The van der Waals surface area contributed by atoms with Crippen LogP contribution in [0.25, 0.3) is 88.5 Å². The highest BCUT2D eigenvalue weighted by molar-refractivity contribution is 6.31. The van der Waals surface area contributed by atoms with Crippen molar-refractivity contribution in [2.45, 2.75) is 32.7 Å². The summed E-state index contributed by atoms with van der Waals surface area (Å²) >= 11 is 0. The molecule has 11 rings (SSSR count). The Morgan fingerprint density at radius 1 is 0.558 bits per heavy atom. The van der Waals surface area contributed by atoms with E-state index in [1.165, 1.54) is 71.6 Å². The van der Waals surface area contributed by atoms with Crippen LogP contribution in [0.15, 0.2) is 152 Å². The lowest BCUT2D eigenvalue weighted by Crippen LogP contribution is -2.15. The summed E-state index contributed by atoms with van der Waals surface area (Å²) in [5.74, 6) is 0.995. The molecule has 52 heavy (non-hydrogen) atoms. The van der Waals surface area contributed by atoms with Gasteiger partial charge in [-0.3, -0.25) is 0 Å². The van der Waals surface area contributed by atoms with Gasteiger partial charge in [0.15, 0.2) is 0 Å². The van der Waals surface area contributed by atoms with Crippen molar-refractivity contribution >= 4 is 54.6 Å². The molecule has 248 valence electrons. The number of nitrogens with zero attached hydrogens (tertiary/aromatic N) is 4. The fraction of sp³-hybridized carbons (Fsp3) is 0.104. The van der Waals surface area contributed by atoms with Gasteiger partial charge >= 0.3 is 0 Å². The van der Waals surface area contributed by atoms with Gasteiger partial charge in [0, 0.05) is 56.0 Å². The number of benzene rings is 7. The minimum Gasteiger partial charge on any atom is -0.324 e. The zero-order valence-corrected chi connectivity index (χ0v) is 29.4. The Bertz CT molecular complexity index is 3080. The molecule has 3 aromatic heterocycles. The van der Waals surface area contributed by atoms with E-state index in [0.29, 0.717) is 0 Å². The van der Waals surface area contributed by atoms with Gasteiger partial charge in [-0.2, -0.15) is 0 Å². The van der Waals surface area contributed by atoms with Gasteiger partial charge < -0.3 is 13.7 Å². The van der Waals surface area contributed by atoms with Crippen molar-refractivity contribution in [2.75, 3.05) is 0 Å². The Labute approximate surface area is 301 Å². The van der Waals surface area contributed by atoms with Crippen molar-refractivity contribution < 1.29 is 0 Å². The van der Waals surface area contributed by atoms with Crippen LogP contribution in [-0.4, -0.2) is 18.7 Å². The van der Waals surface area contributed by atoms with E-state index in [-0.39, 0.29) is 5.41 Å². The molecule has 1 aliphatic rings. The van der Waals surface area contributed by atoms with E-state index in [4.69, 9.17) is 4.98 Å². The summed E-state index contributed by atoms with van der Waals surface area (Å²) < 4.78 is 7.39. The maximum absolute atomic E-state index is 5.17. The third kappa shape index (κ3) is 3.73. The fourth-order valence-electron chi connectivity index (χ4n) is 9.47. The molecule has 3 heterocycles. The highest BCUT2D eigenvalue weighted by atomic mass is 15.1. The van der Waals surface area contributed by atoms with E-state index >= 15 is 0 Å². The number of aryl methyl sites for hydroxylation is 1. The van der Waals surface area contributed by atoms with Crippen molar-refractivity contribution in [3.8, 4) is 33.9 Å². The molecule has 0 fully saturated rings. The van der Waals surface area contributed by atoms with Crippen molar-refractivity contribution in [2.24, 2.45) is 0 Å². The maximum atomic E-state index is 5.17. The van der Waals surface area contributed by atoms with Gasteiger partial charge in [-0.05, 0) is 72.1 Å². The molecule has 0 saturated carbocycles. The van der Waals surface area contributed by atoms with E-state index in [9.17, 15) is 0 Å². The first-order valence-corrected chi connectivity index (χ1v) is 18.3. The standard InChI is InChI=1S/C48H36N4/c1-4-50-40-28-15-12-25-37(40)49-47(50)30-17-16-20-32(29-30)52-39-27-14-10-23-35(39)43-45(52)41-33-21-8-11-24-36(33)48(2,3)44(41)42-34-22-9-13-26-38(34)51(46(42)43)31-18-6-5-7-19-31/h5-29H,4H2,1-3H3. The summed E-state index contributed by atoms with van der Waals surface area (Å²) in [5, 5.41) is 5.16. The second-order valence-electron chi connectivity index (χ2n) is 14.6. The Morgan fingerprint density at radius 3 is 1.94 bits per heavy atom. The molecular formula is C48H36N4. The van der Waals surface area contributed by atoms with Gasteiger partial charge in [-0.1, -0.05) is 117 Å². The van der Waals surface area contributed by atoms with E-state index in [1.54, 1.807) is 0 Å². The van der Waals surface area contributed by atoms with Crippen LogP contribution in [-0.2, 0) is 12.0 Å². The number of aromatic nitrogens is 4. The summed E-state index contributed by atoms with van der Waals surface area (Å²) in [6, 6.07) is 55.4. The van der Waals surface area contributed by atoms with Crippen LogP contribution in [0.3, 0.4) is 0 Å². The highest BCUT2D eigenvalue weighted by Gasteiger charge is 2.41. The van der Waals surface area contributed by atoms with Gasteiger partial charge in [0.25, 0.3) is 0 Å². The first-order valence-electron chi connectivity index (χ1n) is 18.3. The predicted octanol–water partition coefficient (Wildman–Crippen LogP) is 12.2. The smallest absolute Gasteiger partial charge is 0.141 e. The zero-order chi connectivity index (χ0) is 34.7. The van der Waals surface area contributed by atoms with Gasteiger partial charge in [0.1, 0.15) is 5.82 Å². The molecule has 0 radical (unpaired) electrons. The number of rotatable bonds is 4. The predicted molar refractivity (Wildman–Crippen MR) is 217 cm³/mol. The highest BCUT2D eigenvalue weighted by Crippen LogP contribution is 2.58. The molecular weight excluding hydrogens is 633 g/mol. The lowest BCUT2D eigenvalue weighted by Gasteiger charge is -2.23. The molecule has 0 atom stereocenters. The quantitative estimate of drug-likeness (QED) is 0.183. The Balaban J connectivity index is 1.36. The van der Waals surface area contributed by atoms with E-state index < -0.39 is 0 Å². The summed E-state index contributed by atoms with van der Waals surface area (Å²) in [5.41, 5.74) is 15.7. The molecule has 0 amide bonds. The lowest BCUT2D eigenvalue weighted by atomic mass is 9.80.